The fourth-order valence-electron chi connectivity index (χ4n) is 1.05. The number of nitrogens with two attached hydrogens (primary N) is 1. The molecule has 90 valence electrons. The van der Waals surface area contributed by atoms with Crippen LogP contribution in [-0.2, 0) is 0 Å². The fourth-order valence-corrected chi connectivity index (χ4v) is 1.05. The van der Waals surface area contributed by atoms with Crippen molar-refractivity contribution in [3.05, 3.63) is 6.07 Å². The molecule has 0 aliphatic heterocycles. The maximum absolute atomic E-state index is 5.27. The van der Waals surface area contributed by atoms with Crippen molar-refractivity contribution < 1.29 is 13.9 Å². The number of ether oxygens (including phenoxy) is 2. The van der Waals surface area contributed by atoms with Crippen molar-refractivity contribution in [3.8, 4) is 11.8 Å². The van der Waals surface area contributed by atoms with Gasteiger partial charge in [-0.1, -0.05) is 10.2 Å². The lowest BCUT2D eigenvalue weighted by Crippen LogP contribution is -2.01. The van der Waals surface area contributed by atoms with Crippen LogP contribution in [0.3, 0.4) is 0 Å². The minimum atomic E-state index is -0.0534. The smallest absolute Gasteiger partial charge is 0.323 e. The van der Waals surface area contributed by atoms with Gasteiger partial charge in [-0.3, -0.25) is 5.32 Å². The zero-order valence-corrected chi connectivity index (χ0v) is 9.17. The van der Waals surface area contributed by atoms with Crippen LogP contribution < -0.4 is 20.5 Å². The Kier molecular flexibility index (Phi) is 2.90. The number of anilines is 3. The summed E-state index contributed by atoms with van der Waals surface area (Å²) in [5.41, 5.74) is 5.27. The molecule has 0 amide bonds. The largest absolute Gasteiger partial charge is 0.481 e. The first-order valence-corrected chi connectivity index (χ1v) is 4.54. The summed E-state index contributed by atoms with van der Waals surface area (Å²) in [6.45, 7) is 0. The zero-order valence-electron chi connectivity index (χ0n) is 9.17. The highest BCUT2D eigenvalue weighted by atomic mass is 16.5. The lowest BCUT2D eigenvalue weighted by molar-refractivity contribution is 0.373. The van der Waals surface area contributed by atoms with Gasteiger partial charge in [-0.15, -0.1) is 0 Å². The molecule has 0 aliphatic rings. The van der Waals surface area contributed by atoms with Gasteiger partial charge in [0.1, 0.15) is 0 Å². The van der Waals surface area contributed by atoms with Crippen LogP contribution in [0.2, 0.25) is 0 Å². The van der Waals surface area contributed by atoms with E-state index in [0.717, 1.165) is 0 Å². The van der Waals surface area contributed by atoms with Crippen molar-refractivity contribution in [3.63, 3.8) is 0 Å². The van der Waals surface area contributed by atoms with Crippen LogP contribution in [0.4, 0.5) is 18.0 Å². The second-order valence-electron chi connectivity index (χ2n) is 2.85. The van der Waals surface area contributed by atoms with Gasteiger partial charge >= 0.3 is 12.0 Å². The molecule has 2 aromatic heterocycles. The van der Waals surface area contributed by atoms with Crippen LogP contribution in [0.5, 0.6) is 11.8 Å². The number of aromatic nitrogens is 4. The normalized spacial score (nSPS) is 10.0. The van der Waals surface area contributed by atoms with Gasteiger partial charge in [-0.25, -0.2) is 0 Å². The van der Waals surface area contributed by atoms with Crippen molar-refractivity contribution in [2.24, 2.45) is 0 Å². The van der Waals surface area contributed by atoms with E-state index in [4.69, 9.17) is 19.6 Å². The second kappa shape index (κ2) is 4.51. The summed E-state index contributed by atoms with van der Waals surface area (Å²) >= 11 is 0. The number of methoxy groups -OCH3 is 2. The topological polar surface area (TPSA) is 121 Å². The Hall–Kier alpha value is -2.58. The molecular weight excluding hydrogens is 228 g/mol. The molecule has 0 aromatic carbocycles. The molecule has 17 heavy (non-hydrogen) atoms. The monoisotopic (exact) mass is 238 g/mol. The minimum absolute atomic E-state index is 0.0534. The Bertz CT molecular complexity index is 491. The highest BCUT2D eigenvalue weighted by molar-refractivity contribution is 5.43. The van der Waals surface area contributed by atoms with E-state index < -0.39 is 0 Å². The number of hydrogen-bond donors (Lipinski definition) is 2. The van der Waals surface area contributed by atoms with Crippen molar-refractivity contribution in [2.75, 3.05) is 25.3 Å². The van der Waals surface area contributed by atoms with Crippen LogP contribution in [0, 0.1) is 0 Å². The quantitative estimate of drug-likeness (QED) is 0.769. The maximum Gasteiger partial charge on any atom is 0.323 e. The lowest BCUT2D eigenvalue weighted by Gasteiger charge is -2.05. The molecule has 0 saturated carbocycles. The summed E-state index contributed by atoms with van der Waals surface area (Å²) < 4.78 is 14.9. The number of nitrogens with zero attached hydrogens (tertiary/aromatic N) is 4. The summed E-state index contributed by atoms with van der Waals surface area (Å²) in [6.07, 6.45) is 0. The predicted octanol–water partition coefficient (Wildman–Crippen LogP) is 0.203. The third-order valence-corrected chi connectivity index (χ3v) is 1.76. The van der Waals surface area contributed by atoms with Gasteiger partial charge in [0.05, 0.1) is 20.3 Å². The summed E-state index contributed by atoms with van der Waals surface area (Å²) in [6, 6.07) is 1.56. The third-order valence-electron chi connectivity index (χ3n) is 1.76. The Balaban J connectivity index is 2.25. The first-order chi connectivity index (χ1) is 8.21. The average molecular weight is 238 g/mol. The number of nitrogens with one attached hydrogen (secondary N) is 1. The lowest BCUT2D eigenvalue weighted by atomic mass is 10.6. The van der Waals surface area contributed by atoms with E-state index in [0.29, 0.717) is 11.8 Å². The molecule has 3 N–H and O–H groups in total. The van der Waals surface area contributed by atoms with Gasteiger partial charge < -0.3 is 19.6 Å². The van der Waals surface area contributed by atoms with E-state index in [1.54, 1.807) is 0 Å². The van der Waals surface area contributed by atoms with Gasteiger partial charge in [0.15, 0.2) is 0 Å². The Morgan fingerprint density at radius 1 is 1.18 bits per heavy atom. The summed E-state index contributed by atoms with van der Waals surface area (Å²) in [7, 11) is 2.96. The first kappa shape index (κ1) is 10.9. The third kappa shape index (κ3) is 2.51. The van der Waals surface area contributed by atoms with E-state index in [-0.39, 0.29) is 18.0 Å². The summed E-state index contributed by atoms with van der Waals surface area (Å²) in [5, 5.41) is 9.76. The van der Waals surface area contributed by atoms with Crippen molar-refractivity contribution in [1.29, 1.82) is 0 Å². The van der Waals surface area contributed by atoms with Crippen LogP contribution >= 0.6 is 0 Å². The molecular formula is C8H10N6O3. The molecule has 0 aliphatic carbocycles. The molecule has 9 heteroatoms. The van der Waals surface area contributed by atoms with E-state index in [1.807, 2.05) is 0 Å². The van der Waals surface area contributed by atoms with Gasteiger partial charge in [0, 0.05) is 0 Å². The van der Waals surface area contributed by atoms with Crippen molar-refractivity contribution in [1.82, 2.24) is 20.2 Å². The van der Waals surface area contributed by atoms with Crippen molar-refractivity contribution in [2.45, 2.75) is 0 Å². The fraction of sp³-hybridized carbons (Fsp3) is 0.250. The number of nitrogen functional groups attached to an aromatic ring is 1. The van der Waals surface area contributed by atoms with Gasteiger partial charge in [0.25, 0.3) is 0 Å². The zero-order chi connectivity index (χ0) is 12.3. The molecule has 0 bridgehead atoms. The summed E-state index contributed by atoms with van der Waals surface area (Å²) in [5.74, 6) is 0.878. The minimum Gasteiger partial charge on any atom is -0.481 e. The number of hydrogen-bond acceptors (Lipinski definition) is 9. The maximum atomic E-state index is 5.27. The Morgan fingerprint density at radius 2 is 1.82 bits per heavy atom. The molecule has 0 atom stereocenters. The Labute approximate surface area is 96.0 Å². The first-order valence-electron chi connectivity index (χ1n) is 4.54. The standard InChI is InChI=1S/C8H10N6O3/c1-15-4-3-5(16-2)11-7(10-4)12-8-14-13-6(9)17-8/h3H,1-2H3,(H2,9,13)(H,10,11,12,14). The van der Waals surface area contributed by atoms with Gasteiger partial charge in [-0.05, 0) is 0 Å². The molecule has 9 nitrogen and oxygen atoms in total. The molecule has 2 aromatic rings. The predicted molar refractivity (Wildman–Crippen MR) is 57.1 cm³/mol. The van der Waals surface area contributed by atoms with Crippen LogP contribution in [-0.4, -0.2) is 34.4 Å². The van der Waals surface area contributed by atoms with E-state index in [2.05, 4.69) is 25.5 Å². The molecule has 2 heterocycles. The molecule has 0 radical (unpaired) electrons. The van der Waals surface area contributed by atoms with E-state index >= 15 is 0 Å². The number of rotatable bonds is 4. The molecule has 0 spiro atoms. The highest BCUT2D eigenvalue weighted by Crippen LogP contribution is 2.19. The van der Waals surface area contributed by atoms with Gasteiger partial charge in [-0.2, -0.15) is 9.97 Å². The van der Waals surface area contributed by atoms with Gasteiger partial charge in [0.2, 0.25) is 17.7 Å². The molecule has 0 fully saturated rings. The van der Waals surface area contributed by atoms with E-state index in [1.165, 1.54) is 20.3 Å². The van der Waals surface area contributed by atoms with Crippen LogP contribution in [0.15, 0.2) is 10.5 Å². The molecule has 2 rings (SSSR count). The Morgan fingerprint density at radius 3 is 2.29 bits per heavy atom. The second-order valence-corrected chi connectivity index (χ2v) is 2.85. The summed E-state index contributed by atoms with van der Waals surface area (Å²) in [4.78, 5) is 8.02. The van der Waals surface area contributed by atoms with Crippen molar-refractivity contribution >= 4 is 18.0 Å². The average Bonchev–Trinajstić information content (AvgIpc) is 2.74. The van der Waals surface area contributed by atoms with E-state index in [9.17, 15) is 0 Å². The van der Waals surface area contributed by atoms with Crippen LogP contribution in [0.1, 0.15) is 0 Å². The SMILES string of the molecule is COc1cc(OC)nc(Nc2nnc(N)o2)n1. The molecule has 0 unspecified atom stereocenters. The highest BCUT2D eigenvalue weighted by Gasteiger charge is 2.09. The van der Waals surface area contributed by atoms with Crippen LogP contribution in [0.25, 0.3) is 0 Å². The molecule has 0 saturated heterocycles.